The van der Waals surface area contributed by atoms with Crippen molar-refractivity contribution in [1.29, 1.82) is 0 Å². The van der Waals surface area contributed by atoms with Crippen LogP contribution in [0.25, 0.3) is 10.8 Å². The molecule has 2 heterocycles. The van der Waals surface area contributed by atoms with Crippen LogP contribution in [-0.2, 0) is 5.41 Å². The molecule has 0 amide bonds. The number of hydrogen-bond donors (Lipinski definition) is 0. The van der Waals surface area contributed by atoms with E-state index in [2.05, 4.69) is 44.0 Å². The average molecular weight is 222 g/mol. The molecule has 0 spiro atoms. The SMILES string of the molecule is Cc1ccc(-c2nnc(C(C)(C)C)o2)s1. The highest BCUT2D eigenvalue weighted by molar-refractivity contribution is 7.15. The van der Waals surface area contributed by atoms with E-state index in [0.29, 0.717) is 11.8 Å². The summed E-state index contributed by atoms with van der Waals surface area (Å²) < 4.78 is 5.64. The molecule has 0 saturated heterocycles. The van der Waals surface area contributed by atoms with Crippen LogP contribution in [0.2, 0.25) is 0 Å². The first-order valence-corrected chi connectivity index (χ1v) is 5.69. The molecule has 0 unspecified atom stereocenters. The van der Waals surface area contributed by atoms with E-state index in [0.717, 1.165) is 4.88 Å². The fourth-order valence-electron chi connectivity index (χ4n) is 1.18. The Hall–Kier alpha value is -1.16. The van der Waals surface area contributed by atoms with Gasteiger partial charge in [-0.05, 0) is 19.1 Å². The lowest BCUT2D eigenvalue weighted by atomic mass is 9.97. The maximum atomic E-state index is 5.64. The Labute approximate surface area is 93.2 Å². The monoisotopic (exact) mass is 222 g/mol. The summed E-state index contributed by atoms with van der Waals surface area (Å²) in [6.45, 7) is 8.24. The van der Waals surface area contributed by atoms with Gasteiger partial charge in [-0.2, -0.15) is 0 Å². The van der Waals surface area contributed by atoms with Gasteiger partial charge in [0.05, 0.1) is 4.88 Å². The van der Waals surface area contributed by atoms with Crippen LogP contribution in [0.4, 0.5) is 0 Å². The van der Waals surface area contributed by atoms with Crippen molar-refractivity contribution < 1.29 is 4.42 Å². The first-order chi connectivity index (χ1) is 6.97. The largest absolute Gasteiger partial charge is 0.419 e. The highest BCUT2D eigenvalue weighted by Crippen LogP contribution is 2.29. The van der Waals surface area contributed by atoms with Crippen molar-refractivity contribution in [3.8, 4) is 10.8 Å². The molecule has 0 bridgehead atoms. The maximum absolute atomic E-state index is 5.64. The lowest BCUT2D eigenvalue weighted by Gasteiger charge is -2.10. The predicted molar refractivity (Wildman–Crippen MR) is 61.0 cm³/mol. The van der Waals surface area contributed by atoms with Gasteiger partial charge in [0.2, 0.25) is 5.89 Å². The summed E-state index contributed by atoms with van der Waals surface area (Å²) in [7, 11) is 0. The van der Waals surface area contributed by atoms with Gasteiger partial charge in [0.1, 0.15) is 0 Å². The predicted octanol–water partition coefficient (Wildman–Crippen LogP) is 3.40. The van der Waals surface area contributed by atoms with Crippen LogP contribution in [0, 0.1) is 6.92 Å². The Kier molecular flexibility index (Phi) is 2.38. The molecule has 2 aromatic heterocycles. The van der Waals surface area contributed by atoms with Crippen LogP contribution >= 0.6 is 11.3 Å². The molecule has 0 atom stereocenters. The molecule has 0 aromatic carbocycles. The lowest BCUT2D eigenvalue weighted by Crippen LogP contribution is -2.11. The molecule has 0 aliphatic rings. The van der Waals surface area contributed by atoms with Gasteiger partial charge in [-0.25, -0.2) is 0 Å². The number of thiophene rings is 1. The fraction of sp³-hybridized carbons (Fsp3) is 0.455. The van der Waals surface area contributed by atoms with E-state index < -0.39 is 0 Å². The van der Waals surface area contributed by atoms with Crippen molar-refractivity contribution in [2.75, 3.05) is 0 Å². The standard InChI is InChI=1S/C11H14N2OS/c1-7-5-6-8(15-7)9-12-13-10(14-9)11(2,3)4/h5-6H,1-4H3. The molecule has 0 aliphatic heterocycles. The lowest BCUT2D eigenvalue weighted by molar-refractivity contribution is 0.399. The van der Waals surface area contributed by atoms with Gasteiger partial charge in [-0.3, -0.25) is 0 Å². The second kappa shape index (κ2) is 3.45. The fourth-order valence-corrected chi connectivity index (χ4v) is 1.96. The Morgan fingerprint density at radius 1 is 1.20 bits per heavy atom. The van der Waals surface area contributed by atoms with E-state index in [9.17, 15) is 0 Å². The van der Waals surface area contributed by atoms with Gasteiger partial charge in [0.25, 0.3) is 5.89 Å². The molecule has 0 aliphatic carbocycles. The Morgan fingerprint density at radius 3 is 2.40 bits per heavy atom. The van der Waals surface area contributed by atoms with E-state index in [-0.39, 0.29) is 5.41 Å². The summed E-state index contributed by atoms with van der Waals surface area (Å²) in [4.78, 5) is 2.29. The van der Waals surface area contributed by atoms with E-state index in [1.54, 1.807) is 11.3 Å². The zero-order chi connectivity index (χ0) is 11.1. The minimum atomic E-state index is -0.0858. The second-order valence-corrected chi connectivity index (χ2v) is 5.86. The molecule has 80 valence electrons. The van der Waals surface area contributed by atoms with Crippen molar-refractivity contribution >= 4 is 11.3 Å². The van der Waals surface area contributed by atoms with Crippen LogP contribution in [0.15, 0.2) is 16.5 Å². The van der Waals surface area contributed by atoms with Gasteiger partial charge >= 0.3 is 0 Å². The van der Waals surface area contributed by atoms with Gasteiger partial charge in [0, 0.05) is 10.3 Å². The van der Waals surface area contributed by atoms with Crippen molar-refractivity contribution in [3.05, 3.63) is 22.9 Å². The average Bonchev–Trinajstić information content (AvgIpc) is 2.69. The Bertz CT molecular complexity index is 465. The topological polar surface area (TPSA) is 38.9 Å². The first kappa shape index (κ1) is 10.4. The molecule has 0 radical (unpaired) electrons. The highest BCUT2D eigenvalue weighted by Gasteiger charge is 2.22. The summed E-state index contributed by atoms with van der Waals surface area (Å²) in [6.07, 6.45) is 0. The van der Waals surface area contributed by atoms with Gasteiger partial charge in [0.15, 0.2) is 0 Å². The third-order valence-electron chi connectivity index (χ3n) is 2.02. The summed E-state index contributed by atoms with van der Waals surface area (Å²) >= 11 is 1.67. The summed E-state index contributed by atoms with van der Waals surface area (Å²) in [5.41, 5.74) is -0.0858. The van der Waals surface area contributed by atoms with E-state index in [4.69, 9.17) is 4.42 Å². The normalized spacial score (nSPS) is 12.0. The van der Waals surface area contributed by atoms with E-state index >= 15 is 0 Å². The minimum absolute atomic E-state index is 0.0858. The van der Waals surface area contributed by atoms with Crippen LogP contribution in [0.1, 0.15) is 31.5 Å². The molecular weight excluding hydrogens is 208 g/mol. The van der Waals surface area contributed by atoms with Crippen LogP contribution in [0.3, 0.4) is 0 Å². The van der Waals surface area contributed by atoms with Crippen molar-refractivity contribution in [2.24, 2.45) is 0 Å². The van der Waals surface area contributed by atoms with Gasteiger partial charge in [-0.15, -0.1) is 21.5 Å². The third-order valence-corrected chi connectivity index (χ3v) is 3.01. The molecule has 0 saturated carbocycles. The molecular formula is C11H14N2OS. The Balaban J connectivity index is 2.36. The molecule has 4 heteroatoms. The zero-order valence-electron chi connectivity index (χ0n) is 9.37. The molecule has 2 rings (SSSR count). The van der Waals surface area contributed by atoms with E-state index in [1.165, 1.54) is 4.88 Å². The van der Waals surface area contributed by atoms with Crippen LogP contribution < -0.4 is 0 Å². The molecule has 0 fully saturated rings. The van der Waals surface area contributed by atoms with Gasteiger partial charge in [-0.1, -0.05) is 20.8 Å². The van der Waals surface area contributed by atoms with E-state index in [1.807, 2.05) is 6.07 Å². The third kappa shape index (κ3) is 2.09. The maximum Gasteiger partial charge on any atom is 0.257 e. The minimum Gasteiger partial charge on any atom is -0.419 e. The van der Waals surface area contributed by atoms with Crippen molar-refractivity contribution in [2.45, 2.75) is 33.1 Å². The number of aryl methyl sites for hydroxylation is 1. The molecule has 3 nitrogen and oxygen atoms in total. The number of nitrogens with zero attached hydrogens (tertiary/aromatic N) is 2. The van der Waals surface area contributed by atoms with Gasteiger partial charge < -0.3 is 4.42 Å². The molecule has 0 N–H and O–H groups in total. The summed E-state index contributed by atoms with van der Waals surface area (Å²) in [5.74, 6) is 1.31. The molecule has 15 heavy (non-hydrogen) atoms. The smallest absolute Gasteiger partial charge is 0.257 e. The highest BCUT2D eigenvalue weighted by atomic mass is 32.1. The molecule has 2 aromatic rings. The summed E-state index contributed by atoms with van der Waals surface area (Å²) in [5, 5.41) is 8.12. The number of hydrogen-bond acceptors (Lipinski definition) is 4. The first-order valence-electron chi connectivity index (χ1n) is 4.87. The van der Waals surface area contributed by atoms with Crippen LogP contribution in [0.5, 0.6) is 0 Å². The van der Waals surface area contributed by atoms with Crippen LogP contribution in [-0.4, -0.2) is 10.2 Å². The number of aromatic nitrogens is 2. The van der Waals surface area contributed by atoms with Crippen molar-refractivity contribution in [1.82, 2.24) is 10.2 Å². The quantitative estimate of drug-likeness (QED) is 0.742. The summed E-state index contributed by atoms with van der Waals surface area (Å²) in [6, 6.07) is 4.07. The Morgan fingerprint density at radius 2 is 1.93 bits per heavy atom. The second-order valence-electron chi connectivity index (χ2n) is 4.57. The van der Waals surface area contributed by atoms with Crippen molar-refractivity contribution in [3.63, 3.8) is 0 Å². The zero-order valence-corrected chi connectivity index (χ0v) is 10.2. The number of rotatable bonds is 1.